The van der Waals surface area contributed by atoms with Crippen LogP contribution in [0.15, 0.2) is 36.4 Å². The predicted molar refractivity (Wildman–Crippen MR) is 110 cm³/mol. The van der Waals surface area contributed by atoms with Crippen molar-refractivity contribution < 1.29 is 38.7 Å². The van der Waals surface area contributed by atoms with Gasteiger partial charge in [0.05, 0.1) is 28.4 Å². The van der Waals surface area contributed by atoms with Crippen LogP contribution in [0.3, 0.4) is 0 Å². The van der Waals surface area contributed by atoms with Crippen LogP contribution in [0.5, 0.6) is 23.0 Å². The number of carbonyl (C=O) groups is 2. The number of ether oxygens (including phenoxy) is 4. The molecule has 0 saturated heterocycles. The highest BCUT2D eigenvalue weighted by Gasteiger charge is 2.19. The number of methoxy groups -OCH3 is 4. The fourth-order valence-corrected chi connectivity index (χ4v) is 2.73. The van der Waals surface area contributed by atoms with Gasteiger partial charge in [0.25, 0.3) is 0 Å². The smallest absolute Gasteiger partial charge is 0.330 e. The molecule has 0 fully saturated rings. The van der Waals surface area contributed by atoms with E-state index in [1.165, 1.54) is 70.9 Å². The van der Waals surface area contributed by atoms with Crippen LogP contribution in [-0.2, 0) is 19.1 Å². The van der Waals surface area contributed by atoms with E-state index in [0.717, 1.165) is 0 Å². The highest BCUT2D eigenvalue weighted by Crippen LogP contribution is 2.45. The number of benzene rings is 2. The first-order valence-corrected chi connectivity index (χ1v) is 8.69. The van der Waals surface area contributed by atoms with Crippen molar-refractivity contribution >= 4 is 24.1 Å². The predicted octanol–water partition coefficient (Wildman–Crippen LogP) is 3.15. The summed E-state index contributed by atoms with van der Waals surface area (Å²) in [5.41, 5.74) is 1.54. The van der Waals surface area contributed by atoms with Crippen molar-refractivity contribution in [2.45, 2.75) is 0 Å². The third kappa shape index (κ3) is 4.91. The molecule has 2 N–H and O–H groups in total. The lowest BCUT2D eigenvalue weighted by atomic mass is 9.92. The van der Waals surface area contributed by atoms with Gasteiger partial charge in [0.2, 0.25) is 0 Å². The summed E-state index contributed by atoms with van der Waals surface area (Å²) in [6, 6.07) is 6.05. The molecule has 0 amide bonds. The van der Waals surface area contributed by atoms with Crippen molar-refractivity contribution in [1.29, 1.82) is 0 Å². The van der Waals surface area contributed by atoms with E-state index >= 15 is 0 Å². The number of aromatic hydroxyl groups is 2. The van der Waals surface area contributed by atoms with Gasteiger partial charge in [-0.15, -0.1) is 0 Å². The van der Waals surface area contributed by atoms with Crippen LogP contribution in [0, 0.1) is 0 Å². The molecule has 0 aliphatic rings. The van der Waals surface area contributed by atoms with E-state index in [2.05, 4.69) is 9.47 Å². The van der Waals surface area contributed by atoms with E-state index in [1.54, 1.807) is 6.07 Å². The molecule has 2 rings (SSSR count). The minimum absolute atomic E-state index is 0.144. The Kier molecular flexibility index (Phi) is 7.46. The summed E-state index contributed by atoms with van der Waals surface area (Å²) < 4.78 is 19.6. The summed E-state index contributed by atoms with van der Waals surface area (Å²) >= 11 is 0. The van der Waals surface area contributed by atoms with Gasteiger partial charge in [0.15, 0.2) is 23.0 Å². The van der Waals surface area contributed by atoms with E-state index in [9.17, 15) is 19.8 Å². The molecule has 2 aromatic carbocycles. The Morgan fingerprint density at radius 1 is 0.800 bits per heavy atom. The monoisotopic (exact) mass is 414 g/mol. The zero-order chi connectivity index (χ0) is 22.3. The van der Waals surface area contributed by atoms with Gasteiger partial charge in [-0.25, -0.2) is 9.59 Å². The normalized spacial score (nSPS) is 10.9. The minimum Gasteiger partial charge on any atom is -0.504 e. The van der Waals surface area contributed by atoms with Crippen LogP contribution >= 0.6 is 0 Å². The number of carbonyl (C=O) groups excluding carboxylic acids is 2. The average molecular weight is 414 g/mol. The van der Waals surface area contributed by atoms with Gasteiger partial charge in [-0.2, -0.15) is 0 Å². The molecular weight excluding hydrogens is 392 g/mol. The fraction of sp³-hybridized carbons (Fsp3) is 0.182. The molecule has 8 nitrogen and oxygen atoms in total. The van der Waals surface area contributed by atoms with Gasteiger partial charge in [-0.05, 0) is 47.0 Å². The van der Waals surface area contributed by atoms with E-state index in [-0.39, 0.29) is 28.6 Å². The number of phenols is 2. The lowest BCUT2D eigenvalue weighted by Gasteiger charge is -2.16. The summed E-state index contributed by atoms with van der Waals surface area (Å²) in [7, 11) is 5.27. The maximum absolute atomic E-state index is 11.6. The molecule has 2 aromatic rings. The summed E-state index contributed by atoms with van der Waals surface area (Å²) in [4.78, 5) is 23.1. The molecule has 0 aliphatic carbocycles. The summed E-state index contributed by atoms with van der Waals surface area (Å²) in [6.07, 6.45) is 5.26. The fourth-order valence-electron chi connectivity index (χ4n) is 2.73. The van der Waals surface area contributed by atoms with E-state index in [0.29, 0.717) is 16.7 Å². The third-order valence-electron chi connectivity index (χ3n) is 4.21. The molecule has 0 radical (unpaired) electrons. The molecule has 0 saturated carbocycles. The van der Waals surface area contributed by atoms with Crippen molar-refractivity contribution in [3.8, 4) is 34.1 Å². The van der Waals surface area contributed by atoms with E-state index in [1.807, 2.05) is 0 Å². The Morgan fingerprint density at radius 2 is 1.37 bits per heavy atom. The van der Waals surface area contributed by atoms with Gasteiger partial charge < -0.3 is 29.2 Å². The van der Waals surface area contributed by atoms with Crippen molar-refractivity contribution in [2.75, 3.05) is 28.4 Å². The molecular formula is C22H22O8. The second kappa shape index (κ2) is 10.0. The maximum Gasteiger partial charge on any atom is 0.330 e. The van der Waals surface area contributed by atoms with Crippen molar-refractivity contribution in [3.63, 3.8) is 0 Å². The van der Waals surface area contributed by atoms with Crippen molar-refractivity contribution in [2.24, 2.45) is 0 Å². The molecule has 0 heterocycles. The Labute approximate surface area is 173 Å². The average Bonchev–Trinajstić information content (AvgIpc) is 2.76. The van der Waals surface area contributed by atoms with Crippen LogP contribution in [-0.4, -0.2) is 50.6 Å². The number of hydrogen-bond acceptors (Lipinski definition) is 8. The number of rotatable bonds is 7. The van der Waals surface area contributed by atoms with Gasteiger partial charge >= 0.3 is 11.9 Å². The first-order valence-electron chi connectivity index (χ1n) is 8.69. The standard InChI is InChI=1S/C22H22O8/c1-27-17-8-5-13(6-9-19(24)29-3)21(22(17)26)15-12-18(28-2)16(23)11-14(15)7-10-20(25)30-4/h5-12,23,26H,1-4H3/b9-6+,10-7-. The Morgan fingerprint density at radius 3 is 1.90 bits per heavy atom. The van der Waals surface area contributed by atoms with Crippen LogP contribution in [0.4, 0.5) is 0 Å². The second-order valence-corrected chi connectivity index (χ2v) is 5.90. The number of phenolic OH excluding ortho intramolecular Hbond substituents is 2. The highest BCUT2D eigenvalue weighted by atomic mass is 16.5. The van der Waals surface area contributed by atoms with Crippen LogP contribution in [0.1, 0.15) is 11.1 Å². The molecule has 158 valence electrons. The topological polar surface area (TPSA) is 112 Å². The van der Waals surface area contributed by atoms with Crippen LogP contribution < -0.4 is 9.47 Å². The van der Waals surface area contributed by atoms with E-state index in [4.69, 9.17) is 9.47 Å². The highest BCUT2D eigenvalue weighted by molar-refractivity contribution is 5.95. The Hall–Kier alpha value is -3.94. The van der Waals surface area contributed by atoms with Gasteiger partial charge in [0.1, 0.15) is 0 Å². The lowest BCUT2D eigenvalue weighted by Crippen LogP contribution is -1.97. The Bertz CT molecular complexity index is 1000. The first kappa shape index (κ1) is 22.4. The first-order chi connectivity index (χ1) is 14.4. The molecule has 8 heteroatoms. The second-order valence-electron chi connectivity index (χ2n) is 5.90. The maximum atomic E-state index is 11.6. The largest absolute Gasteiger partial charge is 0.504 e. The van der Waals surface area contributed by atoms with Gasteiger partial charge in [0, 0.05) is 17.7 Å². The SMILES string of the molecule is COC(=O)/C=C\c1cc(O)c(OC)cc1-c1c(/C=C/C(=O)OC)ccc(OC)c1O. The minimum atomic E-state index is -0.600. The lowest BCUT2D eigenvalue weighted by molar-refractivity contribution is -0.135. The Balaban J connectivity index is 2.82. The van der Waals surface area contributed by atoms with Gasteiger partial charge in [-0.3, -0.25) is 0 Å². The summed E-state index contributed by atoms with van der Waals surface area (Å²) in [5.74, 6) is -1.22. The molecule has 0 atom stereocenters. The summed E-state index contributed by atoms with van der Waals surface area (Å²) in [5, 5.41) is 21.0. The van der Waals surface area contributed by atoms with E-state index < -0.39 is 11.9 Å². The molecule has 0 spiro atoms. The molecule has 0 unspecified atom stereocenters. The van der Waals surface area contributed by atoms with Gasteiger partial charge in [-0.1, -0.05) is 6.07 Å². The van der Waals surface area contributed by atoms with Crippen LogP contribution in [0.25, 0.3) is 23.3 Å². The third-order valence-corrected chi connectivity index (χ3v) is 4.21. The number of hydrogen-bond donors (Lipinski definition) is 2. The van der Waals surface area contributed by atoms with Crippen molar-refractivity contribution in [3.05, 3.63) is 47.5 Å². The molecule has 30 heavy (non-hydrogen) atoms. The number of esters is 2. The molecule has 0 aromatic heterocycles. The zero-order valence-electron chi connectivity index (χ0n) is 17.0. The zero-order valence-corrected chi connectivity index (χ0v) is 17.0. The quantitative estimate of drug-likeness (QED) is 0.525. The molecule has 0 aliphatic heterocycles. The summed E-state index contributed by atoms with van der Waals surface area (Å²) in [6.45, 7) is 0. The van der Waals surface area contributed by atoms with Crippen molar-refractivity contribution in [1.82, 2.24) is 0 Å². The van der Waals surface area contributed by atoms with Crippen LogP contribution in [0.2, 0.25) is 0 Å². The molecule has 0 bridgehead atoms.